The van der Waals surface area contributed by atoms with Crippen molar-refractivity contribution in [1.82, 2.24) is 14.6 Å². The third kappa shape index (κ3) is 2.57. The van der Waals surface area contributed by atoms with Gasteiger partial charge in [0, 0.05) is 17.9 Å². The van der Waals surface area contributed by atoms with Gasteiger partial charge in [-0.05, 0) is 33.3 Å². The molecule has 0 aliphatic carbocycles. The summed E-state index contributed by atoms with van der Waals surface area (Å²) in [4.78, 5) is 4.42. The molecule has 0 spiro atoms. The Hall–Kier alpha value is -1.58. The van der Waals surface area contributed by atoms with Gasteiger partial charge in [-0.25, -0.2) is 9.50 Å². The summed E-state index contributed by atoms with van der Waals surface area (Å²) in [5.74, 6) is 0.909. The van der Waals surface area contributed by atoms with Crippen molar-refractivity contribution in [3.63, 3.8) is 0 Å². The average molecular weight is 232 g/mol. The molecule has 0 bridgehead atoms. The molecular weight excluding hydrogens is 212 g/mol. The first-order valence-corrected chi connectivity index (χ1v) is 6.11. The Bertz CT molecular complexity index is 513. The summed E-state index contributed by atoms with van der Waals surface area (Å²) >= 11 is 0. The summed E-state index contributed by atoms with van der Waals surface area (Å²) in [6.45, 7) is 8.59. The SMILES string of the molecule is CCCC(C)(C)Nc1nccn2nc(C)cc12. The highest BCUT2D eigenvalue weighted by Crippen LogP contribution is 2.21. The number of aromatic nitrogens is 3. The predicted octanol–water partition coefficient (Wildman–Crippen LogP) is 3.03. The minimum absolute atomic E-state index is 0.0573. The van der Waals surface area contributed by atoms with Crippen molar-refractivity contribution >= 4 is 11.3 Å². The van der Waals surface area contributed by atoms with Crippen LogP contribution < -0.4 is 5.32 Å². The van der Waals surface area contributed by atoms with Gasteiger partial charge in [0.2, 0.25) is 0 Å². The van der Waals surface area contributed by atoms with Crippen LogP contribution in [0.1, 0.15) is 39.3 Å². The van der Waals surface area contributed by atoms with Crippen LogP contribution in [0.15, 0.2) is 18.5 Å². The molecule has 92 valence electrons. The van der Waals surface area contributed by atoms with Crippen LogP contribution in [0.5, 0.6) is 0 Å². The van der Waals surface area contributed by atoms with Gasteiger partial charge in [0.05, 0.1) is 5.69 Å². The summed E-state index contributed by atoms with van der Waals surface area (Å²) in [5.41, 5.74) is 2.10. The Morgan fingerprint density at radius 3 is 2.88 bits per heavy atom. The van der Waals surface area contributed by atoms with E-state index < -0.39 is 0 Å². The van der Waals surface area contributed by atoms with E-state index in [1.165, 1.54) is 0 Å². The maximum Gasteiger partial charge on any atom is 0.152 e. The molecule has 2 aromatic heterocycles. The highest BCUT2D eigenvalue weighted by Gasteiger charge is 2.18. The Morgan fingerprint density at radius 1 is 1.41 bits per heavy atom. The summed E-state index contributed by atoms with van der Waals surface area (Å²) in [6.07, 6.45) is 5.92. The van der Waals surface area contributed by atoms with Crippen molar-refractivity contribution in [3.05, 3.63) is 24.2 Å². The molecule has 0 aliphatic rings. The number of nitrogens with one attached hydrogen (secondary N) is 1. The first-order valence-electron chi connectivity index (χ1n) is 6.11. The van der Waals surface area contributed by atoms with Gasteiger partial charge in [0.25, 0.3) is 0 Å². The second-order valence-corrected chi connectivity index (χ2v) is 5.15. The van der Waals surface area contributed by atoms with E-state index in [0.29, 0.717) is 0 Å². The van der Waals surface area contributed by atoms with Crippen molar-refractivity contribution in [2.75, 3.05) is 5.32 Å². The van der Waals surface area contributed by atoms with Crippen LogP contribution in [-0.4, -0.2) is 20.1 Å². The fourth-order valence-electron chi connectivity index (χ4n) is 2.15. The molecule has 0 aromatic carbocycles. The number of anilines is 1. The van der Waals surface area contributed by atoms with Crippen LogP contribution in [0.3, 0.4) is 0 Å². The minimum Gasteiger partial charge on any atom is -0.363 e. The molecule has 0 amide bonds. The van der Waals surface area contributed by atoms with E-state index in [1.54, 1.807) is 6.20 Å². The molecule has 0 aliphatic heterocycles. The Labute approximate surface area is 102 Å². The van der Waals surface area contributed by atoms with Gasteiger partial charge in [0.1, 0.15) is 5.52 Å². The third-order valence-electron chi connectivity index (χ3n) is 2.84. The van der Waals surface area contributed by atoms with Crippen LogP contribution >= 0.6 is 0 Å². The van der Waals surface area contributed by atoms with Crippen molar-refractivity contribution in [2.45, 2.75) is 46.1 Å². The second kappa shape index (κ2) is 4.35. The van der Waals surface area contributed by atoms with Gasteiger partial charge >= 0.3 is 0 Å². The number of rotatable bonds is 4. The van der Waals surface area contributed by atoms with Crippen molar-refractivity contribution in [3.8, 4) is 0 Å². The predicted molar refractivity (Wildman–Crippen MR) is 70.3 cm³/mol. The van der Waals surface area contributed by atoms with Crippen molar-refractivity contribution in [1.29, 1.82) is 0 Å². The normalized spacial score (nSPS) is 12.0. The van der Waals surface area contributed by atoms with Crippen molar-refractivity contribution < 1.29 is 0 Å². The van der Waals surface area contributed by atoms with E-state index in [4.69, 9.17) is 0 Å². The number of hydrogen-bond acceptors (Lipinski definition) is 3. The van der Waals surface area contributed by atoms with Gasteiger partial charge in [-0.3, -0.25) is 0 Å². The van der Waals surface area contributed by atoms with E-state index in [2.05, 4.69) is 42.2 Å². The summed E-state index contributed by atoms with van der Waals surface area (Å²) in [6, 6.07) is 2.05. The van der Waals surface area contributed by atoms with E-state index in [-0.39, 0.29) is 5.54 Å². The molecule has 1 N–H and O–H groups in total. The lowest BCUT2D eigenvalue weighted by Gasteiger charge is -2.26. The number of hydrogen-bond donors (Lipinski definition) is 1. The fraction of sp³-hybridized carbons (Fsp3) is 0.538. The topological polar surface area (TPSA) is 42.2 Å². The molecule has 2 aromatic rings. The molecule has 0 saturated carbocycles. The molecule has 0 fully saturated rings. The molecule has 0 saturated heterocycles. The molecule has 4 nitrogen and oxygen atoms in total. The summed E-state index contributed by atoms with van der Waals surface area (Å²) < 4.78 is 1.87. The van der Waals surface area contributed by atoms with Gasteiger partial charge in [0.15, 0.2) is 5.82 Å². The first kappa shape index (κ1) is 11.9. The molecule has 2 rings (SSSR count). The highest BCUT2D eigenvalue weighted by molar-refractivity contribution is 5.68. The summed E-state index contributed by atoms with van der Waals surface area (Å²) in [7, 11) is 0. The number of nitrogens with zero attached hydrogens (tertiary/aromatic N) is 3. The van der Waals surface area contributed by atoms with Gasteiger partial charge in [-0.2, -0.15) is 5.10 Å². The van der Waals surface area contributed by atoms with Crippen LogP contribution in [0.2, 0.25) is 0 Å². The van der Waals surface area contributed by atoms with Crippen molar-refractivity contribution in [2.24, 2.45) is 0 Å². The van der Waals surface area contributed by atoms with Crippen LogP contribution in [-0.2, 0) is 0 Å². The molecule has 0 unspecified atom stereocenters. The smallest absolute Gasteiger partial charge is 0.152 e. The lowest BCUT2D eigenvalue weighted by atomic mass is 9.99. The Kier molecular flexibility index (Phi) is 3.05. The lowest BCUT2D eigenvalue weighted by molar-refractivity contribution is 0.509. The Morgan fingerprint density at radius 2 is 2.18 bits per heavy atom. The molecular formula is C13H20N4. The number of aryl methyl sites for hydroxylation is 1. The van der Waals surface area contributed by atoms with Crippen LogP contribution in [0.4, 0.5) is 5.82 Å². The monoisotopic (exact) mass is 232 g/mol. The van der Waals surface area contributed by atoms with Crippen LogP contribution in [0.25, 0.3) is 5.52 Å². The van der Waals surface area contributed by atoms with E-state index in [9.17, 15) is 0 Å². The average Bonchev–Trinajstić information content (AvgIpc) is 2.58. The third-order valence-corrected chi connectivity index (χ3v) is 2.84. The molecule has 2 heterocycles. The second-order valence-electron chi connectivity index (χ2n) is 5.15. The molecule has 0 radical (unpaired) electrons. The largest absolute Gasteiger partial charge is 0.363 e. The van der Waals surface area contributed by atoms with Gasteiger partial charge < -0.3 is 5.32 Å². The van der Waals surface area contributed by atoms with E-state index in [0.717, 1.165) is 29.9 Å². The molecule has 0 atom stereocenters. The maximum absolute atomic E-state index is 4.42. The Balaban J connectivity index is 2.35. The van der Waals surface area contributed by atoms with Gasteiger partial charge in [-0.1, -0.05) is 13.3 Å². The molecule has 17 heavy (non-hydrogen) atoms. The minimum atomic E-state index is 0.0573. The summed E-state index contributed by atoms with van der Waals surface area (Å²) in [5, 5.41) is 7.89. The standard InChI is InChI=1S/C13H20N4/c1-5-6-13(3,4)15-12-11-9-10(2)16-17(11)8-7-14-12/h7-9H,5-6H2,1-4H3,(H,14,15). The van der Waals surface area contributed by atoms with Crippen LogP contribution in [0, 0.1) is 6.92 Å². The number of fused-ring (bicyclic) bond motifs is 1. The quantitative estimate of drug-likeness (QED) is 0.881. The zero-order chi connectivity index (χ0) is 12.5. The zero-order valence-corrected chi connectivity index (χ0v) is 11.0. The van der Waals surface area contributed by atoms with Gasteiger partial charge in [-0.15, -0.1) is 0 Å². The fourth-order valence-corrected chi connectivity index (χ4v) is 2.15. The first-order chi connectivity index (χ1) is 8.02. The van der Waals surface area contributed by atoms with E-state index in [1.807, 2.05) is 17.6 Å². The van der Waals surface area contributed by atoms with E-state index >= 15 is 0 Å². The maximum atomic E-state index is 4.42. The lowest BCUT2D eigenvalue weighted by Crippen LogP contribution is -2.31. The zero-order valence-electron chi connectivity index (χ0n) is 11.0. The molecule has 4 heteroatoms. The highest BCUT2D eigenvalue weighted by atomic mass is 15.2.